The van der Waals surface area contributed by atoms with Crippen molar-refractivity contribution in [3.05, 3.63) is 11.1 Å². The SMILES string of the molecule is CC(C)(C)c1csc(SCCC(=O)N2CCCC2)n1. The molecular formula is C14H22N2OS2. The number of thioether (sulfide) groups is 1. The van der Waals surface area contributed by atoms with Gasteiger partial charge in [0.25, 0.3) is 0 Å². The third-order valence-electron chi connectivity index (χ3n) is 3.25. The van der Waals surface area contributed by atoms with E-state index in [2.05, 4.69) is 31.1 Å². The van der Waals surface area contributed by atoms with Crippen LogP contribution >= 0.6 is 23.1 Å². The molecule has 1 fully saturated rings. The standard InChI is InChI=1S/C14H22N2OS2/c1-14(2,3)11-10-19-13(15-11)18-9-6-12(17)16-7-4-5-8-16/h10H,4-9H2,1-3H3. The summed E-state index contributed by atoms with van der Waals surface area (Å²) in [6.45, 7) is 8.43. The molecular weight excluding hydrogens is 276 g/mol. The van der Waals surface area contributed by atoms with Gasteiger partial charge in [-0.15, -0.1) is 11.3 Å². The van der Waals surface area contributed by atoms with Crippen LogP contribution in [0.25, 0.3) is 0 Å². The lowest BCUT2D eigenvalue weighted by Crippen LogP contribution is -2.27. The fraction of sp³-hybridized carbons (Fsp3) is 0.714. The number of hydrogen-bond donors (Lipinski definition) is 0. The first-order chi connectivity index (χ1) is 8.97. The van der Waals surface area contributed by atoms with Crippen molar-refractivity contribution < 1.29 is 4.79 Å². The van der Waals surface area contributed by atoms with Gasteiger partial charge in [-0.05, 0) is 12.8 Å². The van der Waals surface area contributed by atoms with Gasteiger partial charge in [-0.1, -0.05) is 32.5 Å². The highest BCUT2D eigenvalue weighted by molar-refractivity contribution is 8.01. The molecule has 1 amide bonds. The van der Waals surface area contributed by atoms with E-state index >= 15 is 0 Å². The van der Waals surface area contributed by atoms with Crippen LogP contribution in [0.4, 0.5) is 0 Å². The van der Waals surface area contributed by atoms with Gasteiger partial charge in [0.05, 0.1) is 5.69 Å². The van der Waals surface area contributed by atoms with Crippen LogP contribution in [0.2, 0.25) is 0 Å². The van der Waals surface area contributed by atoms with Crippen molar-refractivity contribution in [2.45, 2.75) is 49.8 Å². The minimum absolute atomic E-state index is 0.112. The van der Waals surface area contributed by atoms with E-state index < -0.39 is 0 Å². The van der Waals surface area contributed by atoms with Crippen molar-refractivity contribution in [2.24, 2.45) is 0 Å². The van der Waals surface area contributed by atoms with E-state index in [9.17, 15) is 4.79 Å². The number of nitrogens with zero attached hydrogens (tertiary/aromatic N) is 2. The molecule has 0 unspecified atom stereocenters. The quantitative estimate of drug-likeness (QED) is 0.797. The number of thiazole rings is 1. The van der Waals surface area contributed by atoms with Crippen molar-refractivity contribution in [2.75, 3.05) is 18.8 Å². The van der Waals surface area contributed by atoms with Gasteiger partial charge in [-0.3, -0.25) is 4.79 Å². The molecule has 3 nitrogen and oxygen atoms in total. The zero-order valence-corrected chi connectivity index (χ0v) is 13.6. The average Bonchev–Trinajstić information content (AvgIpc) is 2.99. The Balaban J connectivity index is 1.76. The molecule has 1 aromatic rings. The zero-order chi connectivity index (χ0) is 13.9. The van der Waals surface area contributed by atoms with Gasteiger partial charge in [-0.25, -0.2) is 4.98 Å². The first-order valence-corrected chi connectivity index (χ1v) is 8.70. The van der Waals surface area contributed by atoms with E-state index in [1.165, 1.54) is 12.8 Å². The molecule has 0 aromatic carbocycles. The average molecular weight is 298 g/mol. The number of aromatic nitrogens is 1. The van der Waals surface area contributed by atoms with E-state index in [0.29, 0.717) is 12.3 Å². The molecule has 1 aliphatic rings. The summed E-state index contributed by atoms with van der Waals surface area (Å²) in [6, 6.07) is 0. The Bertz CT molecular complexity index is 431. The van der Waals surface area contributed by atoms with E-state index in [0.717, 1.165) is 28.9 Å². The molecule has 0 bridgehead atoms. The van der Waals surface area contributed by atoms with Gasteiger partial charge in [-0.2, -0.15) is 0 Å². The molecule has 5 heteroatoms. The van der Waals surface area contributed by atoms with Crippen molar-refractivity contribution in [1.82, 2.24) is 9.88 Å². The summed E-state index contributed by atoms with van der Waals surface area (Å²) in [4.78, 5) is 18.5. The van der Waals surface area contributed by atoms with Gasteiger partial charge >= 0.3 is 0 Å². The Morgan fingerprint density at radius 3 is 2.68 bits per heavy atom. The first kappa shape index (κ1) is 14.9. The van der Waals surface area contributed by atoms with Crippen LogP contribution in [-0.2, 0) is 10.2 Å². The minimum Gasteiger partial charge on any atom is -0.343 e. The summed E-state index contributed by atoms with van der Waals surface area (Å²) in [5.74, 6) is 1.14. The largest absolute Gasteiger partial charge is 0.343 e. The maximum Gasteiger partial charge on any atom is 0.223 e. The second-order valence-electron chi connectivity index (χ2n) is 5.94. The molecule has 2 heterocycles. The first-order valence-electron chi connectivity index (χ1n) is 6.83. The predicted molar refractivity (Wildman–Crippen MR) is 82.0 cm³/mol. The lowest BCUT2D eigenvalue weighted by molar-refractivity contribution is -0.129. The highest BCUT2D eigenvalue weighted by Gasteiger charge is 2.19. The Hall–Kier alpha value is -0.550. The number of carbonyl (C=O) groups is 1. The predicted octanol–water partition coefficient (Wildman–Crippen LogP) is 3.55. The van der Waals surface area contributed by atoms with Crippen LogP contribution in [0.5, 0.6) is 0 Å². The maximum atomic E-state index is 11.9. The molecule has 0 radical (unpaired) electrons. The maximum absolute atomic E-state index is 11.9. The molecule has 0 aliphatic carbocycles. The van der Waals surface area contributed by atoms with Crippen LogP contribution < -0.4 is 0 Å². The van der Waals surface area contributed by atoms with Crippen molar-refractivity contribution in [3.63, 3.8) is 0 Å². The molecule has 0 atom stereocenters. The van der Waals surface area contributed by atoms with Gasteiger partial charge in [0, 0.05) is 36.1 Å². The fourth-order valence-electron chi connectivity index (χ4n) is 2.02. The van der Waals surface area contributed by atoms with Crippen LogP contribution in [-0.4, -0.2) is 34.6 Å². The second kappa shape index (κ2) is 6.27. The number of hydrogen-bond acceptors (Lipinski definition) is 4. The third-order valence-corrected chi connectivity index (χ3v) is 5.27. The normalized spacial score (nSPS) is 16.1. The van der Waals surface area contributed by atoms with Crippen LogP contribution in [0.15, 0.2) is 9.72 Å². The molecule has 1 saturated heterocycles. The highest BCUT2D eigenvalue weighted by atomic mass is 32.2. The molecule has 0 saturated carbocycles. The Kier molecular flexibility index (Phi) is 4.90. The summed E-state index contributed by atoms with van der Waals surface area (Å²) in [5.41, 5.74) is 1.26. The van der Waals surface area contributed by atoms with E-state index in [4.69, 9.17) is 0 Å². The zero-order valence-electron chi connectivity index (χ0n) is 11.9. The van der Waals surface area contributed by atoms with Crippen LogP contribution in [0, 0.1) is 0 Å². The van der Waals surface area contributed by atoms with Gasteiger partial charge in [0.15, 0.2) is 0 Å². The van der Waals surface area contributed by atoms with E-state index in [1.54, 1.807) is 23.1 Å². The number of likely N-dealkylation sites (tertiary alicyclic amines) is 1. The molecule has 1 aliphatic heterocycles. The topological polar surface area (TPSA) is 33.2 Å². The summed E-state index contributed by atoms with van der Waals surface area (Å²) in [6.07, 6.45) is 2.97. The minimum atomic E-state index is 0.112. The Morgan fingerprint density at radius 2 is 2.11 bits per heavy atom. The molecule has 1 aromatic heterocycles. The van der Waals surface area contributed by atoms with Gasteiger partial charge < -0.3 is 4.90 Å². The highest BCUT2D eigenvalue weighted by Crippen LogP contribution is 2.29. The van der Waals surface area contributed by atoms with Crippen LogP contribution in [0.3, 0.4) is 0 Å². The molecule has 2 rings (SSSR count). The number of carbonyl (C=O) groups excluding carboxylic acids is 1. The van der Waals surface area contributed by atoms with E-state index in [-0.39, 0.29) is 5.41 Å². The lowest BCUT2D eigenvalue weighted by atomic mass is 9.93. The Labute approximate surface area is 123 Å². The third kappa shape index (κ3) is 4.21. The van der Waals surface area contributed by atoms with Crippen molar-refractivity contribution in [1.29, 1.82) is 0 Å². The fourth-order valence-corrected chi connectivity index (χ4v) is 4.07. The molecule has 0 N–H and O–H groups in total. The van der Waals surface area contributed by atoms with Gasteiger partial charge in [0.1, 0.15) is 4.34 Å². The van der Waals surface area contributed by atoms with Crippen molar-refractivity contribution in [3.8, 4) is 0 Å². The Morgan fingerprint density at radius 1 is 1.42 bits per heavy atom. The number of amides is 1. The summed E-state index contributed by atoms with van der Waals surface area (Å²) in [7, 11) is 0. The number of rotatable bonds is 4. The second-order valence-corrected chi connectivity index (χ2v) is 8.14. The van der Waals surface area contributed by atoms with E-state index in [1.807, 2.05) is 4.90 Å². The smallest absolute Gasteiger partial charge is 0.223 e. The summed E-state index contributed by atoms with van der Waals surface area (Å²) < 4.78 is 1.08. The van der Waals surface area contributed by atoms with Gasteiger partial charge in [0.2, 0.25) is 5.91 Å². The molecule has 19 heavy (non-hydrogen) atoms. The van der Waals surface area contributed by atoms with Crippen molar-refractivity contribution >= 4 is 29.0 Å². The monoisotopic (exact) mass is 298 g/mol. The molecule has 106 valence electrons. The summed E-state index contributed by atoms with van der Waals surface area (Å²) >= 11 is 3.39. The lowest BCUT2D eigenvalue weighted by Gasteiger charge is -2.14. The molecule has 0 spiro atoms. The summed E-state index contributed by atoms with van der Waals surface area (Å²) in [5, 5.41) is 2.13. The van der Waals surface area contributed by atoms with Crippen LogP contribution in [0.1, 0.15) is 45.7 Å².